The first-order valence-corrected chi connectivity index (χ1v) is 7.95. The zero-order valence-electron chi connectivity index (χ0n) is 14.2. The second kappa shape index (κ2) is 7.52. The second-order valence-electron chi connectivity index (χ2n) is 5.81. The summed E-state index contributed by atoms with van der Waals surface area (Å²) >= 11 is 0. The van der Waals surface area contributed by atoms with Crippen LogP contribution in [-0.2, 0) is 11.2 Å². The minimum absolute atomic E-state index is 0.122. The molecular formula is C17H15F3N6O. The number of carbonyl (C=O) groups is 1. The topological polar surface area (TPSA) is 85.6 Å². The molecule has 7 nitrogen and oxygen atoms in total. The van der Waals surface area contributed by atoms with Crippen molar-refractivity contribution < 1.29 is 18.0 Å². The van der Waals surface area contributed by atoms with E-state index >= 15 is 0 Å². The van der Waals surface area contributed by atoms with E-state index in [0.29, 0.717) is 17.1 Å². The number of nitrogens with zero attached hydrogens (tertiary/aromatic N) is 5. The Morgan fingerprint density at radius 2 is 1.96 bits per heavy atom. The van der Waals surface area contributed by atoms with Crippen LogP contribution in [0.1, 0.15) is 23.0 Å². The number of hydrogen-bond donors (Lipinski definition) is 1. The lowest BCUT2D eigenvalue weighted by Gasteiger charge is -2.21. The number of hydrogen-bond acceptors (Lipinski definition) is 5. The summed E-state index contributed by atoms with van der Waals surface area (Å²) in [5.41, 5.74) is 1.13. The molecule has 27 heavy (non-hydrogen) atoms. The second-order valence-corrected chi connectivity index (χ2v) is 5.81. The molecule has 1 amide bonds. The number of halogens is 3. The summed E-state index contributed by atoms with van der Waals surface area (Å²) in [4.78, 5) is 15.8. The highest BCUT2D eigenvalue weighted by Crippen LogP contribution is 2.32. The van der Waals surface area contributed by atoms with Crippen LogP contribution < -0.4 is 5.32 Å². The summed E-state index contributed by atoms with van der Waals surface area (Å²) in [5.74, 6) is -0.155. The van der Waals surface area contributed by atoms with Gasteiger partial charge in [-0.15, -0.1) is 5.10 Å². The van der Waals surface area contributed by atoms with Crippen molar-refractivity contribution in [2.24, 2.45) is 0 Å². The van der Waals surface area contributed by atoms with Gasteiger partial charge < -0.3 is 5.32 Å². The third kappa shape index (κ3) is 4.46. The molecule has 1 N–H and O–H groups in total. The number of rotatable bonds is 5. The van der Waals surface area contributed by atoms with E-state index in [-0.39, 0.29) is 12.0 Å². The summed E-state index contributed by atoms with van der Waals surface area (Å²) in [7, 11) is 0. The first kappa shape index (κ1) is 18.5. The van der Waals surface area contributed by atoms with Gasteiger partial charge in [0.15, 0.2) is 11.9 Å². The van der Waals surface area contributed by atoms with Gasteiger partial charge in [0.05, 0.1) is 12.1 Å². The van der Waals surface area contributed by atoms with Crippen LogP contribution >= 0.6 is 0 Å². The molecule has 1 aromatic carbocycles. The number of nitrogens with one attached hydrogen (secondary N) is 1. The predicted molar refractivity (Wildman–Crippen MR) is 88.8 cm³/mol. The Labute approximate surface area is 152 Å². The third-order valence-electron chi connectivity index (χ3n) is 3.82. The molecular weight excluding hydrogens is 361 g/mol. The standard InChI is InChI=1S/C17H15F3N6O/c1-11-23-24-25-26(11)14-6-4-12(5-7-14)9-15(27)22-16(17(18,19)20)13-3-2-8-21-10-13/h2-8,10,16H,9H2,1H3,(H,22,27)/t16-/m1/s1. The van der Waals surface area contributed by atoms with Crippen LogP contribution in [0, 0.1) is 6.92 Å². The molecule has 140 valence electrons. The molecule has 3 rings (SSSR count). The summed E-state index contributed by atoms with van der Waals surface area (Å²) in [6.45, 7) is 1.73. The van der Waals surface area contributed by atoms with E-state index in [1.165, 1.54) is 23.0 Å². The maximum absolute atomic E-state index is 13.3. The molecule has 0 fully saturated rings. The largest absolute Gasteiger partial charge is 0.412 e. The van der Waals surface area contributed by atoms with Crippen LogP contribution in [0.5, 0.6) is 0 Å². The van der Waals surface area contributed by atoms with E-state index in [0.717, 1.165) is 6.20 Å². The molecule has 0 unspecified atom stereocenters. The number of aryl methyl sites for hydroxylation is 1. The molecule has 2 heterocycles. The van der Waals surface area contributed by atoms with Crippen molar-refractivity contribution >= 4 is 5.91 Å². The van der Waals surface area contributed by atoms with Gasteiger partial charge in [-0.1, -0.05) is 18.2 Å². The molecule has 0 aliphatic rings. The number of amides is 1. The fourth-order valence-electron chi connectivity index (χ4n) is 2.52. The monoisotopic (exact) mass is 376 g/mol. The summed E-state index contributed by atoms with van der Waals surface area (Å²) in [5, 5.41) is 13.2. The minimum atomic E-state index is -4.62. The fourth-order valence-corrected chi connectivity index (χ4v) is 2.52. The Morgan fingerprint density at radius 3 is 2.52 bits per heavy atom. The lowest BCUT2D eigenvalue weighted by Crippen LogP contribution is -2.38. The zero-order chi connectivity index (χ0) is 19.4. The van der Waals surface area contributed by atoms with Gasteiger partial charge in [0.25, 0.3) is 0 Å². The van der Waals surface area contributed by atoms with Gasteiger partial charge >= 0.3 is 6.18 Å². The average molecular weight is 376 g/mol. The van der Waals surface area contributed by atoms with Gasteiger partial charge in [0.2, 0.25) is 5.91 Å². The van der Waals surface area contributed by atoms with E-state index in [1.54, 1.807) is 31.2 Å². The summed E-state index contributed by atoms with van der Waals surface area (Å²) in [6.07, 6.45) is -2.36. The Morgan fingerprint density at radius 1 is 1.22 bits per heavy atom. The van der Waals surface area contributed by atoms with E-state index in [2.05, 4.69) is 20.5 Å². The molecule has 1 atom stereocenters. The Balaban J connectivity index is 1.70. The molecule has 0 radical (unpaired) electrons. The molecule has 0 spiro atoms. The lowest BCUT2D eigenvalue weighted by molar-refractivity contribution is -0.163. The third-order valence-corrected chi connectivity index (χ3v) is 3.82. The van der Waals surface area contributed by atoms with Crippen molar-refractivity contribution in [3.05, 3.63) is 65.7 Å². The summed E-state index contributed by atoms with van der Waals surface area (Å²) < 4.78 is 41.4. The number of carbonyl (C=O) groups excluding carboxylic acids is 1. The van der Waals surface area contributed by atoms with Crippen LogP contribution in [0.15, 0.2) is 48.8 Å². The number of alkyl halides is 3. The van der Waals surface area contributed by atoms with Gasteiger partial charge in [0.1, 0.15) is 0 Å². The molecule has 0 saturated carbocycles. The zero-order valence-corrected chi connectivity index (χ0v) is 14.2. The molecule has 0 saturated heterocycles. The quantitative estimate of drug-likeness (QED) is 0.739. The number of pyridine rings is 1. The highest BCUT2D eigenvalue weighted by atomic mass is 19.4. The maximum Gasteiger partial charge on any atom is 0.412 e. The Hall–Kier alpha value is -3.30. The van der Waals surface area contributed by atoms with Crippen molar-refractivity contribution in [2.45, 2.75) is 25.6 Å². The first-order chi connectivity index (χ1) is 12.8. The fraction of sp³-hybridized carbons (Fsp3) is 0.235. The maximum atomic E-state index is 13.3. The Kier molecular flexibility index (Phi) is 5.15. The van der Waals surface area contributed by atoms with Crippen LogP contribution in [0.25, 0.3) is 5.69 Å². The average Bonchev–Trinajstić information content (AvgIpc) is 3.06. The number of tetrazole rings is 1. The first-order valence-electron chi connectivity index (χ1n) is 7.95. The number of benzene rings is 1. The normalized spacial score (nSPS) is 12.6. The van der Waals surface area contributed by atoms with Gasteiger partial charge in [0, 0.05) is 18.0 Å². The van der Waals surface area contributed by atoms with Gasteiger partial charge in [-0.25, -0.2) is 0 Å². The van der Waals surface area contributed by atoms with Crippen molar-refractivity contribution in [1.82, 2.24) is 30.5 Å². The molecule has 0 bridgehead atoms. The molecule has 0 aliphatic carbocycles. The van der Waals surface area contributed by atoms with Crippen molar-refractivity contribution in [3.8, 4) is 5.69 Å². The van der Waals surface area contributed by atoms with E-state index in [1.807, 2.05) is 5.32 Å². The van der Waals surface area contributed by atoms with Crippen LogP contribution in [0.3, 0.4) is 0 Å². The molecule has 10 heteroatoms. The lowest BCUT2D eigenvalue weighted by atomic mass is 10.1. The van der Waals surface area contributed by atoms with E-state index < -0.39 is 18.1 Å². The van der Waals surface area contributed by atoms with Crippen molar-refractivity contribution in [3.63, 3.8) is 0 Å². The van der Waals surface area contributed by atoms with Crippen LogP contribution in [0.2, 0.25) is 0 Å². The predicted octanol–water partition coefficient (Wildman–Crippen LogP) is 2.33. The van der Waals surface area contributed by atoms with Crippen LogP contribution in [0.4, 0.5) is 13.2 Å². The van der Waals surface area contributed by atoms with Crippen LogP contribution in [-0.4, -0.2) is 37.3 Å². The van der Waals surface area contributed by atoms with E-state index in [9.17, 15) is 18.0 Å². The minimum Gasteiger partial charge on any atom is -0.340 e. The van der Waals surface area contributed by atoms with Gasteiger partial charge in [-0.2, -0.15) is 17.9 Å². The van der Waals surface area contributed by atoms with E-state index in [4.69, 9.17) is 0 Å². The summed E-state index contributed by atoms with van der Waals surface area (Å²) in [6, 6.07) is 7.21. The Bertz CT molecular complexity index is 908. The van der Waals surface area contributed by atoms with Crippen molar-refractivity contribution in [1.29, 1.82) is 0 Å². The highest BCUT2D eigenvalue weighted by molar-refractivity contribution is 5.79. The molecule has 2 aromatic heterocycles. The SMILES string of the molecule is Cc1nnnn1-c1ccc(CC(=O)N[C@H](c2cccnc2)C(F)(F)F)cc1. The smallest absolute Gasteiger partial charge is 0.340 e. The van der Waals surface area contributed by atoms with Gasteiger partial charge in [-0.05, 0) is 41.1 Å². The molecule has 0 aliphatic heterocycles. The number of aromatic nitrogens is 5. The van der Waals surface area contributed by atoms with Crippen molar-refractivity contribution in [2.75, 3.05) is 0 Å². The molecule has 3 aromatic rings. The highest BCUT2D eigenvalue weighted by Gasteiger charge is 2.41. The van der Waals surface area contributed by atoms with Gasteiger partial charge in [-0.3, -0.25) is 9.78 Å².